The second-order valence-corrected chi connectivity index (χ2v) is 14.5. The number of furan rings is 2. The summed E-state index contributed by atoms with van der Waals surface area (Å²) < 4.78 is 15.0. The molecule has 0 radical (unpaired) electrons. The average Bonchev–Trinajstić information content (AvgIpc) is 3.97. The van der Waals surface area contributed by atoms with Gasteiger partial charge in [0.05, 0.1) is 23.3 Å². The fourth-order valence-corrected chi connectivity index (χ4v) is 8.16. The van der Waals surface area contributed by atoms with Gasteiger partial charge in [-0.1, -0.05) is 76.2 Å². The first kappa shape index (κ1) is 30.5. The van der Waals surface area contributed by atoms with Crippen LogP contribution >= 0.6 is 0 Å². The molecule has 6 heteroatoms. The van der Waals surface area contributed by atoms with Gasteiger partial charge in [0, 0.05) is 44.7 Å². The molecular weight excluding hydrogens is 641 g/mol. The van der Waals surface area contributed by atoms with Crippen molar-refractivity contribution in [3.63, 3.8) is 0 Å². The number of nitrogens with zero attached hydrogens (tertiary/aromatic N) is 4. The largest absolute Gasteiger partial charge is 0.456 e. The molecule has 0 fully saturated rings. The quantitative estimate of drug-likeness (QED) is 0.175. The molecule has 0 bridgehead atoms. The first-order chi connectivity index (χ1) is 25.4. The van der Waals surface area contributed by atoms with E-state index in [0.717, 1.165) is 60.8 Å². The smallest absolute Gasteiger partial charge is 0.136 e. The van der Waals surface area contributed by atoms with Gasteiger partial charge in [-0.3, -0.25) is 0 Å². The molecule has 6 nitrogen and oxygen atoms in total. The third-order valence-corrected chi connectivity index (χ3v) is 10.7. The second kappa shape index (κ2) is 11.6. The average molecular weight is 679 g/mol. The van der Waals surface area contributed by atoms with Gasteiger partial charge >= 0.3 is 0 Å². The molecule has 1 aliphatic heterocycles. The second-order valence-electron chi connectivity index (χ2n) is 14.5. The van der Waals surface area contributed by atoms with Crippen molar-refractivity contribution in [1.29, 1.82) is 0 Å². The molecule has 9 aromatic rings. The fraction of sp³-hybridized carbons (Fsp3) is 0.152. The van der Waals surface area contributed by atoms with Crippen molar-refractivity contribution < 1.29 is 8.83 Å². The summed E-state index contributed by atoms with van der Waals surface area (Å²) in [5, 5.41) is 9.11. The summed E-state index contributed by atoms with van der Waals surface area (Å²) in [5.74, 6) is 0.808. The molecule has 0 atom stereocenters. The van der Waals surface area contributed by atoms with Gasteiger partial charge in [-0.15, -0.1) is 0 Å². The molecule has 0 aliphatic carbocycles. The number of para-hydroxylation sites is 3. The first-order valence-electron chi connectivity index (χ1n) is 18.1. The molecule has 0 N–H and O–H groups in total. The Labute approximate surface area is 302 Å². The number of aromatic nitrogens is 2. The summed E-state index contributed by atoms with van der Waals surface area (Å²) in [6, 6.07) is 42.8. The maximum Gasteiger partial charge on any atom is 0.136 e. The van der Waals surface area contributed by atoms with Gasteiger partial charge in [0.1, 0.15) is 29.0 Å². The van der Waals surface area contributed by atoms with E-state index in [1.807, 2.05) is 23.0 Å². The van der Waals surface area contributed by atoms with Crippen molar-refractivity contribution in [2.75, 3.05) is 16.5 Å². The lowest BCUT2D eigenvalue weighted by molar-refractivity contribution is 0.662. The van der Waals surface area contributed by atoms with E-state index >= 15 is 0 Å². The minimum Gasteiger partial charge on any atom is -0.456 e. The minimum absolute atomic E-state index is 0.404. The van der Waals surface area contributed by atoms with E-state index in [1.54, 1.807) is 0 Å². The molecule has 0 spiro atoms. The molecule has 4 heterocycles. The van der Waals surface area contributed by atoms with Crippen LogP contribution in [0, 0.1) is 0 Å². The highest BCUT2D eigenvalue weighted by Gasteiger charge is 2.28. The summed E-state index contributed by atoms with van der Waals surface area (Å²) >= 11 is 0. The van der Waals surface area contributed by atoms with Crippen LogP contribution < -0.4 is 9.80 Å². The minimum atomic E-state index is 0.404. The van der Waals surface area contributed by atoms with Crippen LogP contribution in [0.15, 0.2) is 143 Å². The van der Waals surface area contributed by atoms with Gasteiger partial charge in [0.25, 0.3) is 0 Å². The molecule has 10 rings (SSSR count). The summed E-state index contributed by atoms with van der Waals surface area (Å²) in [5.41, 5.74) is 14.1. The van der Waals surface area contributed by atoms with Crippen LogP contribution in [0.1, 0.15) is 50.7 Å². The molecular formula is C46H38N4O2. The Bertz CT molecular complexity index is 2780. The maximum atomic E-state index is 6.50. The van der Waals surface area contributed by atoms with Crippen LogP contribution in [0.4, 0.5) is 22.7 Å². The third kappa shape index (κ3) is 4.67. The summed E-state index contributed by atoms with van der Waals surface area (Å²) in [4.78, 5) is 4.74. The number of rotatable bonds is 6. The lowest BCUT2D eigenvalue weighted by Gasteiger charge is -2.22. The van der Waals surface area contributed by atoms with E-state index in [-0.39, 0.29) is 0 Å². The van der Waals surface area contributed by atoms with Crippen molar-refractivity contribution in [3.8, 4) is 16.8 Å². The van der Waals surface area contributed by atoms with E-state index in [1.165, 1.54) is 33.8 Å². The Kier molecular flexibility index (Phi) is 6.84. The molecule has 0 saturated carbocycles. The van der Waals surface area contributed by atoms with Gasteiger partial charge in [-0.2, -0.15) is 5.10 Å². The Morgan fingerprint density at radius 3 is 1.69 bits per heavy atom. The highest BCUT2D eigenvalue weighted by atomic mass is 16.3. The third-order valence-electron chi connectivity index (χ3n) is 10.7. The van der Waals surface area contributed by atoms with Crippen molar-refractivity contribution in [2.24, 2.45) is 0 Å². The lowest BCUT2D eigenvalue weighted by atomic mass is 9.86. The Morgan fingerprint density at radius 1 is 0.538 bits per heavy atom. The monoisotopic (exact) mass is 678 g/mol. The molecule has 3 aromatic heterocycles. The van der Waals surface area contributed by atoms with Crippen LogP contribution in [0.3, 0.4) is 0 Å². The molecule has 52 heavy (non-hydrogen) atoms. The van der Waals surface area contributed by atoms with E-state index in [9.17, 15) is 0 Å². The zero-order valence-corrected chi connectivity index (χ0v) is 29.7. The Morgan fingerprint density at radius 2 is 1.08 bits per heavy atom. The van der Waals surface area contributed by atoms with Gasteiger partial charge in [-0.25, -0.2) is 4.68 Å². The fourth-order valence-electron chi connectivity index (χ4n) is 8.16. The SMILES string of the molecule is CC(C)c1cccc(C(C)C)c1-c1cnn(-c2ccc3oc4ccc5oc6ccc(N7CN(c8ccccc8)c8ccccc87)cc6c5c4c3c2)c1. The van der Waals surface area contributed by atoms with E-state index in [2.05, 4.69) is 153 Å². The predicted molar refractivity (Wildman–Crippen MR) is 214 cm³/mol. The highest BCUT2D eigenvalue weighted by Crippen LogP contribution is 2.46. The van der Waals surface area contributed by atoms with Crippen molar-refractivity contribution in [3.05, 3.63) is 145 Å². The van der Waals surface area contributed by atoms with Crippen LogP contribution in [0.25, 0.3) is 60.7 Å². The van der Waals surface area contributed by atoms with Gasteiger partial charge in [-0.05, 0) is 101 Å². The summed E-state index contributed by atoms with van der Waals surface area (Å²) in [6.07, 6.45) is 4.17. The van der Waals surface area contributed by atoms with Crippen molar-refractivity contribution >= 4 is 66.6 Å². The predicted octanol–water partition coefficient (Wildman–Crippen LogP) is 12.8. The van der Waals surface area contributed by atoms with Gasteiger partial charge < -0.3 is 18.6 Å². The zero-order chi connectivity index (χ0) is 35.1. The summed E-state index contributed by atoms with van der Waals surface area (Å²) in [7, 11) is 0. The molecule has 0 saturated heterocycles. The zero-order valence-electron chi connectivity index (χ0n) is 29.7. The van der Waals surface area contributed by atoms with Crippen LogP contribution in [-0.4, -0.2) is 16.4 Å². The first-order valence-corrected chi connectivity index (χ1v) is 18.1. The number of fused-ring (bicyclic) bond motifs is 8. The molecule has 254 valence electrons. The number of hydrogen-bond donors (Lipinski definition) is 0. The van der Waals surface area contributed by atoms with E-state index in [4.69, 9.17) is 13.9 Å². The van der Waals surface area contributed by atoms with Gasteiger partial charge in [0.2, 0.25) is 0 Å². The lowest BCUT2D eigenvalue weighted by Crippen LogP contribution is -2.23. The molecule has 1 aliphatic rings. The highest BCUT2D eigenvalue weighted by molar-refractivity contribution is 6.26. The number of anilines is 4. The number of benzene rings is 6. The van der Waals surface area contributed by atoms with Gasteiger partial charge in [0.15, 0.2) is 0 Å². The van der Waals surface area contributed by atoms with E-state index < -0.39 is 0 Å². The molecule has 6 aromatic carbocycles. The summed E-state index contributed by atoms with van der Waals surface area (Å²) in [6.45, 7) is 9.76. The van der Waals surface area contributed by atoms with Crippen molar-refractivity contribution in [1.82, 2.24) is 9.78 Å². The normalized spacial score (nSPS) is 13.2. The topological polar surface area (TPSA) is 50.6 Å². The van der Waals surface area contributed by atoms with Crippen LogP contribution in [0.2, 0.25) is 0 Å². The standard InChI is InChI=1S/C46H38N4O2/c1-28(2)34-13-10-14-35(29(3)4)44(34)30-25-47-50(26-30)33-18-20-41-37(24-33)46-43(52-41)22-21-42-45(46)36-23-32(17-19-40(36)51-42)49-27-48(31-11-6-5-7-12-31)38-15-8-9-16-39(38)49/h5-26,28-29H,27H2,1-4H3. The molecule has 0 unspecified atom stereocenters. The van der Waals surface area contributed by atoms with Crippen LogP contribution in [-0.2, 0) is 0 Å². The molecule has 0 amide bonds. The van der Waals surface area contributed by atoms with E-state index in [0.29, 0.717) is 18.5 Å². The number of hydrogen-bond acceptors (Lipinski definition) is 5. The Hall–Kier alpha value is -6.27. The maximum absolute atomic E-state index is 6.50. The van der Waals surface area contributed by atoms with Crippen molar-refractivity contribution in [2.45, 2.75) is 39.5 Å². The Balaban J connectivity index is 1.11. The van der Waals surface area contributed by atoms with Crippen LogP contribution in [0.5, 0.6) is 0 Å².